The molecule has 0 spiro atoms. The first-order valence-electron chi connectivity index (χ1n) is 6.24. The SMILES string of the molecule is CNC(Cc1csc2ccccc12)C(C)S(C)(=O)=O. The van der Waals surface area contributed by atoms with E-state index < -0.39 is 15.1 Å². The van der Waals surface area contributed by atoms with E-state index in [1.165, 1.54) is 21.9 Å². The van der Waals surface area contributed by atoms with Crippen LogP contribution in [0.5, 0.6) is 0 Å². The predicted molar refractivity (Wildman–Crippen MR) is 82.7 cm³/mol. The lowest BCUT2D eigenvalue weighted by Gasteiger charge is -2.22. The van der Waals surface area contributed by atoms with Gasteiger partial charge in [0.2, 0.25) is 0 Å². The zero-order chi connectivity index (χ0) is 14.0. The molecule has 0 amide bonds. The summed E-state index contributed by atoms with van der Waals surface area (Å²) in [4.78, 5) is 0. The molecule has 1 heterocycles. The first-order valence-corrected chi connectivity index (χ1v) is 9.08. The van der Waals surface area contributed by atoms with E-state index in [9.17, 15) is 8.42 Å². The zero-order valence-corrected chi connectivity index (χ0v) is 13.0. The lowest BCUT2D eigenvalue weighted by Crippen LogP contribution is -2.41. The van der Waals surface area contributed by atoms with Crippen molar-refractivity contribution in [1.29, 1.82) is 0 Å². The average Bonchev–Trinajstić information content (AvgIpc) is 2.77. The van der Waals surface area contributed by atoms with E-state index in [1.807, 2.05) is 19.2 Å². The molecule has 1 aromatic carbocycles. The number of benzene rings is 1. The quantitative estimate of drug-likeness (QED) is 0.922. The van der Waals surface area contributed by atoms with Crippen LogP contribution in [0.1, 0.15) is 12.5 Å². The third-order valence-electron chi connectivity index (χ3n) is 3.61. The molecule has 0 fully saturated rings. The van der Waals surface area contributed by atoms with Crippen LogP contribution in [0.15, 0.2) is 29.6 Å². The molecule has 19 heavy (non-hydrogen) atoms. The number of nitrogens with one attached hydrogen (secondary N) is 1. The van der Waals surface area contributed by atoms with Gasteiger partial charge in [-0.15, -0.1) is 11.3 Å². The van der Waals surface area contributed by atoms with Crippen molar-refractivity contribution in [3.05, 3.63) is 35.2 Å². The van der Waals surface area contributed by atoms with E-state index >= 15 is 0 Å². The van der Waals surface area contributed by atoms with E-state index in [2.05, 4.69) is 22.8 Å². The highest BCUT2D eigenvalue weighted by molar-refractivity contribution is 7.91. The van der Waals surface area contributed by atoms with E-state index in [0.717, 1.165) is 6.42 Å². The summed E-state index contributed by atoms with van der Waals surface area (Å²) in [5.41, 5.74) is 1.22. The van der Waals surface area contributed by atoms with Crippen LogP contribution in [0.4, 0.5) is 0 Å². The minimum absolute atomic E-state index is 0.0620. The van der Waals surface area contributed by atoms with Gasteiger partial charge in [-0.05, 0) is 42.8 Å². The number of hydrogen-bond acceptors (Lipinski definition) is 4. The second-order valence-corrected chi connectivity index (χ2v) is 8.20. The van der Waals surface area contributed by atoms with E-state index in [1.54, 1.807) is 18.3 Å². The van der Waals surface area contributed by atoms with E-state index in [-0.39, 0.29) is 6.04 Å². The van der Waals surface area contributed by atoms with E-state index in [0.29, 0.717) is 0 Å². The maximum absolute atomic E-state index is 11.7. The van der Waals surface area contributed by atoms with Crippen molar-refractivity contribution in [2.75, 3.05) is 13.3 Å². The number of rotatable bonds is 5. The van der Waals surface area contributed by atoms with Gasteiger partial charge in [-0.25, -0.2) is 8.42 Å². The van der Waals surface area contributed by atoms with Crippen LogP contribution in [0.25, 0.3) is 10.1 Å². The van der Waals surface area contributed by atoms with Gasteiger partial charge in [-0.3, -0.25) is 0 Å². The summed E-state index contributed by atoms with van der Waals surface area (Å²) < 4.78 is 24.6. The molecule has 0 aliphatic carbocycles. The lowest BCUT2D eigenvalue weighted by molar-refractivity contribution is 0.517. The molecule has 0 aliphatic heterocycles. The predicted octanol–water partition coefficient (Wildman–Crippen LogP) is 2.46. The summed E-state index contributed by atoms with van der Waals surface area (Å²) in [6, 6.07) is 8.18. The number of hydrogen-bond donors (Lipinski definition) is 1. The lowest BCUT2D eigenvalue weighted by atomic mass is 10.0. The molecule has 0 saturated heterocycles. The summed E-state index contributed by atoms with van der Waals surface area (Å²) in [6.45, 7) is 1.77. The van der Waals surface area contributed by atoms with Gasteiger partial charge in [0.25, 0.3) is 0 Å². The van der Waals surface area contributed by atoms with Gasteiger partial charge in [0, 0.05) is 17.0 Å². The van der Waals surface area contributed by atoms with Gasteiger partial charge >= 0.3 is 0 Å². The molecule has 0 saturated carbocycles. The van der Waals surface area contributed by atoms with Crippen molar-refractivity contribution in [1.82, 2.24) is 5.32 Å². The maximum atomic E-state index is 11.7. The Morgan fingerprint density at radius 1 is 1.32 bits per heavy atom. The molecule has 104 valence electrons. The molecular weight excluding hydrogens is 278 g/mol. The largest absolute Gasteiger partial charge is 0.315 e. The van der Waals surface area contributed by atoms with Crippen molar-refractivity contribution >= 4 is 31.3 Å². The highest BCUT2D eigenvalue weighted by Crippen LogP contribution is 2.27. The molecule has 5 heteroatoms. The Balaban J connectivity index is 2.28. The first-order chi connectivity index (χ1) is 8.93. The molecule has 2 rings (SSSR count). The fourth-order valence-electron chi connectivity index (χ4n) is 2.23. The normalized spacial score (nSPS) is 15.5. The van der Waals surface area contributed by atoms with Crippen LogP contribution in [-0.2, 0) is 16.3 Å². The van der Waals surface area contributed by atoms with Crippen molar-refractivity contribution in [3.63, 3.8) is 0 Å². The van der Waals surface area contributed by atoms with Crippen molar-refractivity contribution in [3.8, 4) is 0 Å². The van der Waals surface area contributed by atoms with Gasteiger partial charge in [0.05, 0.1) is 5.25 Å². The third-order valence-corrected chi connectivity index (χ3v) is 6.31. The number of fused-ring (bicyclic) bond motifs is 1. The van der Waals surface area contributed by atoms with Crippen LogP contribution in [0, 0.1) is 0 Å². The summed E-state index contributed by atoms with van der Waals surface area (Å²) in [5, 5.41) is 6.10. The Morgan fingerprint density at radius 2 is 2.00 bits per heavy atom. The Kier molecular flexibility index (Phi) is 4.28. The minimum atomic E-state index is -3.03. The first kappa shape index (κ1) is 14.5. The highest BCUT2D eigenvalue weighted by Gasteiger charge is 2.25. The minimum Gasteiger partial charge on any atom is -0.315 e. The summed E-state index contributed by atoms with van der Waals surface area (Å²) in [7, 11) is -1.21. The number of thiophene rings is 1. The molecule has 1 N–H and O–H groups in total. The zero-order valence-electron chi connectivity index (χ0n) is 11.4. The third kappa shape index (κ3) is 3.16. The molecule has 0 bridgehead atoms. The average molecular weight is 297 g/mol. The monoisotopic (exact) mass is 297 g/mol. The standard InChI is InChI=1S/C14H19NO2S2/c1-10(19(3,16)17)13(15-2)8-11-9-18-14-7-5-4-6-12(11)14/h4-7,9-10,13,15H,8H2,1-3H3. The van der Waals surface area contributed by atoms with Crippen LogP contribution in [0.3, 0.4) is 0 Å². The maximum Gasteiger partial charge on any atom is 0.151 e. The fraction of sp³-hybridized carbons (Fsp3) is 0.429. The Hall–Kier alpha value is -0.910. The second-order valence-electron chi connectivity index (χ2n) is 4.89. The topological polar surface area (TPSA) is 46.2 Å². The second kappa shape index (κ2) is 5.61. The summed E-state index contributed by atoms with van der Waals surface area (Å²) in [6.07, 6.45) is 2.03. The van der Waals surface area contributed by atoms with Crippen molar-refractivity contribution < 1.29 is 8.42 Å². The Morgan fingerprint density at radius 3 is 2.63 bits per heavy atom. The molecule has 0 radical (unpaired) electrons. The molecule has 2 aromatic rings. The van der Waals surface area contributed by atoms with Crippen LogP contribution in [-0.4, -0.2) is 33.0 Å². The van der Waals surface area contributed by atoms with Crippen molar-refractivity contribution in [2.24, 2.45) is 0 Å². The molecule has 1 aromatic heterocycles. The van der Waals surface area contributed by atoms with Crippen LogP contribution < -0.4 is 5.32 Å². The fourth-order valence-corrected chi connectivity index (χ4v) is 4.03. The Labute approximate surface area is 118 Å². The Bertz CT molecular complexity index is 661. The van der Waals surface area contributed by atoms with E-state index in [4.69, 9.17) is 0 Å². The summed E-state index contributed by atoms with van der Waals surface area (Å²) in [5.74, 6) is 0. The highest BCUT2D eigenvalue weighted by atomic mass is 32.2. The smallest absolute Gasteiger partial charge is 0.151 e. The van der Waals surface area contributed by atoms with Crippen LogP contribution >= 0.6 is 11.3 Å². The van der Waals surface area contributed by atoms with Gasteiger partial charge in [0.15, 0.2) is 9.84 Å². The molecule has 3 nitrogen and oxygen atoms in total. The van der Waals surface area contributed by atoms with Crippen LogP contribution in [0.2, 0.25) is 0 Å². The van der Waals surface area contributed by atoms with Gasteiger partial charge in [-0.2, -0.15) is 0 Å². The van der Waals surface area contributed by atoms with Gasteiger partial charge < -0.3 is 5.32 Å². The molecule has 2 atom stereocenters. The van der Waals surface area contributed by atoms with Gasteiger partial charge in [-0.1, -0.05) is 18.2 Å². The van der Waals surface area contributed by atoms with Crippen molar-refractivity contribution in [2.45, 2.75) is 24.6 Å². The molecule has 2 unspecified atom stereocenters. The molecule has 0 aliphatic rings. The molecular formula is C14H19NO2S2. The number of sulfone groups is 1. The summed E-state index contributed by atoms with van der Waals surface area (Å²) >= 11 is 1.71. The number of likely N-dealkylation sites (N-methyl/N-ethyl adjacent to an activating group) is 1. The van der Waals surface area contributed by atoms with Gasteiger partial charge in [0.1, 0.15) is 0 Å².